The third kappa shape index (κ3) is 1.01. The number of hydrogen-bond donors (Lipinski definition) is 1. The smallest absolute Gasteiger partial charge is 0.244 e. The fraction of sp³-hybridized carbons (Fsp3) is 0.909. The first-order chi connectivity index (χ1) is 7.28. The van der Waals surface area contributed by atoms with Crippen molar-refractivity contribution in [3.63, 3.8) is 0 Å². The van der Waals surface area contributed by atoms with E-state index in [0.717, 1.165) is 32.4 Å². The molecule has 1 N–H and O–H groups in total. The largest absolute Gasteiger partial charge is 0.373 e. The van der Waals surface area contributed by atoms with Crippen LogP contribution in [0.1, 0.15) is 32.1 Å². The summed E-state index contributed by atoms with van der Waals surface area (Å²) in [5, 5.41) is 3.36. The van der Waals surface area contributed by atoms with Gasteiger partial charge in [0.1, 0.15) is 0 Å². The maximum atomic E-state index is 12.2. The van der Waals surface area contributed by atoms with E-state index >= 15 is 0 Å². The quantitative estimate of drug-likeness (QED) is 0.670. The second-order valence-corrected chi connectivity index (χ2v) is 5.37. The van der Waals surface area contributed by atoms with Gasteiger partial charge in [0.15, 0.2) is 0 Å². The molecule has 4 heteroatoms. The molecule has 4 rings (SSSR count). The molecule has 1 spiro atoms. The van der Waals surface area contributed by atoms with Gasteiger partial charge in [0, 0.05) is 0 Å². The molecule has 4 aliphatic rings. The Balaban J connectivity index is 1.57. The summed E-state index contributed by atoms with van der Waals surface area (Å²) in [4.78, 5) is 14.2. The third-order valence-corrected chi connectivity index (χ3v) is 4.48. The van der Waals surface area contributed by atoms with Crippen LogP contribution in [0.4, 0.5) is 0 Å². The maximum absolute atomic E-state index is 12.2. The fourth-order valence-corrected chi connectivity index (χ4v) is 3.38. The summed E-state index contributed by atoms with van der Waals surface area (Å²) in [6.45, 7) is 0.746. The zero-order valence-corrected chi connectivity index (χ0v) is 8.74. The van der Waals surface area contributed by atoms with Crippen molar-refractivity contribution in [1.29, 1.82) is 0 Å². The zero-order chi connectivity index (χ0) is 10.0. The Kier molecular flexibility index (Phi) is 1.45. The number of hydrogen-bond acceptors (Lipinski definition) is 3. The van der Waals surface area contributed by atoms with E-state index in [2.05, 4.69) is 5.32 Å². The number of ether oxygens (including phenoxy) is 1. The molecule has 0 aromatic rings. The van der Waals surface area contributed by atoms with Gasteiger partial charge in [-0.3, -0.25) is 10.1 Å². The standard InChI is InChI=1S/C11H16N2O2/c14-10-11(3-4-11)12-6-13(10)8-5-7-1-2-9(8)15-7/h7-9,12H,1-6H2. The summed E-state index contributed by atoms with van der Waals surface area (Å²) in [5.74, 6) is 0.337. The number of rotatable bonds is 1. The molecular weight excluding hydrogens is 192 g/mol. The van der Waals surface area contributed by atoms with E-state index in [1.165, 1.54) is 6.42 Å². The van der Waals surface area contributed by atoms with Gasteiger partial charge in [-0.2, -0.15) is 0 Å². The molecule has 3 unspecified atom stereocenters. The molecular formula is C11H16N2O2. The summed E-state index contributed by atoms with van der Waals surface area (Å²) in [7, 11) is 0. The van der Waals surface area contributed by atoms with Gasteiger partial charge in [-0.1, -0.05) is 0 Å². The molecule has 4 nitrogen and oxygen atoms in total. The van der Waals surface area contributed by atoms with Crippen molar-refractivity contribution in [2.24, 2.45) is 0 Å². The summed E-state index contributed by atoms with van der Waals surface area (Å²) in [6.07, 6.45) is 6.23. The van der Waals surface area contributed by atoms with Gasteiger partial charge in [0.05, 0.1) is 30.5 Å². The molecule has 0 aromatic carbocycles. The molecule has 3 saturated heterocycles. The van der Waals surface area contributed by atoms with E-state index in [1.807, 2.05) is 4.90 Å². The van der Waals surface area contributed by atoms with Crippen molar-refractivity contribution in [2.75, 3.05) is 6.67 Å². The number of carbonyl (C=O) groups excluding carboxylic acids is 1. The van der Waals surface area contributed by atoms with E-state index in [4.69, 9.17) is 4.74 Å². The lowest BCUT2D eigenvalue weighted by Gasteiger charge is -2.28. The van der Waals surface area contributed by atoms with Gasteiger partial charge < -0.3 is 9.64 Å². The van der Waals surface area contributed by atoms with Crippen LogP contribution in [0.15, 0.2) is 0 Å². The minimum absolute atomic E-state index is 0.137. The van der Waals surface area contributed by atoms with Crippen molar-refractivity contribution < 1.29 is 9.53 Å². The topological polar surface area (TPSA) is 41.6 Å². The highest BCUT2D eigenvalue weighted by molar-refractivity contribution is 5.91. The van der Waals surface area contributed by atoms with Crippen molar-refractivity contribution in [1.82, 2.24) is 10.2 Å². The van der Waals surface area contributed by atoms with Gasteiger partial charge in [0.25, 0.3) is 0 Å². The normalized spacial score (nSPS) is 45.7. The van der Waals surface area contributed by atoms with Crippen molar-refractivity contribution >= 4 is 5.91 Å². The third-order valence-electron chi connectivity index (χ3n) is 4.48. The molecule has 2 bridgehead atoms. The average Bonchev–Trinajstić information content (AvgIpc) is 2.59. The van der Waals surface area contributed by atoms with Crippen LogP contribution in [0, 0.1) is 0 Å². The number of carbonyl (C=O) groups is 1. The molecule has 15 heavy (non-hydrogen) atoms. The SMILES string of the molecule is O=C1N(C2CC3CCC2O3)CNC12CC2. The molecule has 1 aliphatic carbocycles. The number of nitrogens with one attached hydrogen (secondary N) is 1. The van der Waals surface area contributed by atoms with Crippen LogP contribution in [-0.2, 0) is 9.53 Å². The second-order valence-electron chi connectivity index (χ2n) is 5.37. The maximum Gasteiger partial charge on any atom is 0.244 e. The molecule has 1 saturated carbocycles. The van der Waals surface area contributed by atoms with Crippen LogP contribution in [0.5, 0.6) is 0 Å². The highest BCUT2D eigenvalue weighted by Crippen LogP contribution is 2.44. The first kappa shape index (κ1) is 8.53. The molecule has 3 aliphatic heterocycles. The average molecular weight is 208 g/mol. The van der Waals surface area contributed by atoms with Crippen molar-refractivity contribution in [2.45, 2.75) is 55.9 Å². The Labute approximate surface area is 89.0 Å². The Bertz CT molecular complexity index is 327. The zero-order valence-electron chi connectivity index (χ0n) is 8.74. The summed E-state index contributed by atoms with van der Waals surface area (Å²) in [5.41, 5.74) is -0.137. The lowest BCUT2D eigenvalue weighted by molar-refractivity contribution is -0.132. The number of fused-ring (bicyclic) bond motifs is 2. The summed E-state index contributed by atoms with van der Waals surface area (Å²) < 4.78 is 5.81. The van der Waals surface area contributed by atoms with Gasteiger partial charge in [-0.05, 0) is 32.1 Å². The molecule has 0 radical (unpaired) electrons. The summed E-state index contributed by atoms with van der Waals surface area (Å²) in [6, 6.07) is 0.365. The Morgan fingerprint density at radius 3 is 2.80 bits per heavy atom. The van der Waals surface area contributed by atoms with Gasteiger partial charge in [-0.25, -0.2) is 0 Å². The van der Waals surface area contributed by atoms with E-state index in [0.29, 0.717) is 24.2 Å². The second kappa shape index (κ2) is 2.55. The van der Waals surface area contributed by atoms with E-state index in [-0.39, 0.29) is 5.54 Å². The minimum atomic E-state index is -0.137. The van der Waals surface area contributed by atoms with Crippen LogP contribution >= 0.6 is 0 Å². The first-order valence-electron chi connectivity index (χ1n) is 6.00. The van der Waals surface area contributed by atoms with Crippen LogP contribution in [0.25, 0.3) is 0 Å². The first-order valence-corrected chi connectivity index (χ1v) is 6.00. The molecule has 3 atom stereocenters. The van der Waals surface area contributed by atoms with E-state index in [9.17, 15) is 4.79 Å². The highest BCUT2D eigenvalue weighted by Gasteiger charge is 2.59. The van der Waals surface area contributed by atoms with Crippen molar-refractivity contribution in [3.05, 3.63) is 0 Å². The van der Waals surface area contributed by atoms with Crippen molar-refractivity contribution in [3.8, 4) is 0 Å². The molecule has 0 aromatic heterocycles. The molecule has 4 fully saturated rings. The lowest BCUT2D eigenvalue weighted by atomic mass is 9.94. The predicted molar refractivity (Wildman–Crippen MR) is 53.1 cm³/mol. The molecule has 3 heterocycles. The Morgan fingerprint density at radius 1 is 1.40 bits per heavy atom. The van der Waals surface area contributed by atoms with Gasteiger partial charge in [0.2, 0.25) is 5.91 Å². The minimum Gasteiger partial charge on any atom is -0.373 e. The monoisotopic (exact) mass is 208 g/mol. The van der Waals surface area contributed by atoms with Gasteiger partial charge >= 0.3 is 0 Å². The number of nitrogens with zero attached hydrogens (tertiary/aromatic N) is 1. The molecule has 82 valence electrons. The van der Waals surface area contributed by atoms with Crippen LogP contribution in [-0.4, -0.2) is 41.3 Å². The lowest BCUT2D eigenvalue weighted by Crippen LogP contribution is -2.44. The van der Waals surface area contributed by atoms with Crippen LogP contribution < -0.4 is 5.32 Å². The van der Waals surface area contributed by atoms with Crippen LogP contribution in [0.3, 0.4) is 0 Å². The Hall–Kier alpha value is -0.610. The fourth-order valence-electron chi connectivity index (χ4n) is 3.38. The van der Waals surface area contributed by atoms with Crippen LogP contribution in [0.2, 0.25) is 0 Å². The van der Waals surface area contributed by atoms with E-state index < -0.39 is 0 Å². The highest BCUT2D eigenvalue weighted by atomic mass is 16.5. The Morgan fingerprint density at radius 2 is 2.27 bits per heavy atom. The van der Waals surface area contributed by atoms with E-state index in [1.54, 1.807) is 0 Å². The summed E-state index contributed by atoms with van der Waals surface area (Å²) >= 11 is 0. The number of amides is 1. The molecule has 1 amide bonds. The van der Waals surface area contributed by atoms with Gasteiger partial charge in [-0.15, -0.1) is 0 Å². The predicted octanol–water partition coefficient (Wildman–Crippen LogP) is 0.228.